The third-order valence-corrected chi connectivity index (χ3v) is 6.07. The number of nitrogens with zero attached hydrogens (tertiary/aromatic N) is 2. The van der Waals surface area contributed by atoms with E-state index >= 15 is 0 Å². The first-order chi connectivity index (χ1) is 14.0. The Morgan fingerprint density at radius 3 is 2.24 bits per heavy atom. The summed E-state index contributed by atoms with van der Waals surface area (Å²) < 4.78 is 0. The maximum atomic E-state index is 13.0. The minimum Gasteiger partial charge on any atom is -0.507 e. The van der Waals surface area contributed by atoms with E-state index in [4.69, 9.17) is 0 Å². The molecule has 150 valence electrons. The molecule has 2 aromatic rings. The van der Waals surface area contributed by atoms with Crippen LogP contribution in [0, 0.1) is 0 Å². The standard InChI is InChI=1S/C24H26N2O3/c1-15(2)16-7-9-17(10-8-16)21-20(22(27)18-11-13-25-14-12-18)23(28)24(29)26(21)19-5-3-4-6-19/h7-15,19,21,27H,3-6H2,1-2H3/b22-20-. The third kappa shape index (κ3) is 3.46. The van der Waals surface area contributed by atoms with Crippen LogP contribution < -0.4 is 0 Å². The molecule has 1 aromatic carbocycles. The predicted octanol–water partition coefficient (Wildman–Crippen LogP) is 4.57. The van der Waals surface area contributed by atoms with Crippen molar-refractivity contribution in [3.8, 4) is 0 Å². The Morgan fingerprint density at radius 2 is 1.66 bits per heavy atom. The van der Waals surface area contributed by atoms with Crippen LogP contribution in [-0.4, -0.2) is 32.7 Å². The zero-order valence-corrected chi connectivity index (χ0v) is 16.8. The van der Waals surface area contributed by atoms with Crippen molar-refractivity contribution in [2.75, 3.05) is 0 Å². The van der Waals surface area contributed by atoms with Crippen LogP contribution in [0.25, 0.3) is 5.76 Å². The van der Waals surface area contributed by atoms with Crippen molar-refractivity contribution in [1.82, 2.24) is 9.88 Å². The van der Waals surface area contributed by atoms with Crippen LogP contribution in [0.2, 0.25) is 0 Å². The van der Waals surface area contributed by atoms with Gasteiger partial charge in [0, 0.05) is 24.0 Å². The first-order valence-electron chi connectivity index (χ1n) is 10.3. The molecule has 5 nitrogen and oxygen atoms in total. The summed E-state index contributed by atoms with van der Waals surface area (Å²) in [6.45, 7) is 4.26. The van der Waals surface area contributed by atoms with Crippen molar-refractivity contribution in [3.05, 3.63) is 71.1 Å². The number of aromatic nitrogens is 1. The van der Waals surface area contributed by atoms with E-state index in [0.717, 1.165) is 31.2 Å². The van der Waals surface area contributed by atoms with E-state index < -0.39 is 17.7 Å². The average molecular weight is 390 g/mol. The second-order valence-corrected chi connectivity index (χ2v) is 8.20. The van der Waals surface area contributed by atoms with Gasteiger partial charge in [0.1, 0.15) is 5.76 Å². The van der Waals surface area contributed by atoms with Crippen LogP contribution in [0.1, 0.15) is 68.2 Å². The molecule has 2 fully saturated rings. The van der Waals surface area contributed by atoms with E-state index in [1.807, 2.05) is 24.3 Å². The van der Waals surface area contributed by atoms with Gasteiger partial charge in [0.05, 0.1) is 11.6 Å². The van der Waals surface area contributed by atoms with Crippen molar-refractivity contribution < 1.29 is 14.7 Å². The Bertz CT molecular complexity index is 942. The molecule has 1 saturated heterocycles. The molecule has 1 aliphatic carbocycles. The van der Waals surface area contributed by atoms with E-state index in [9.17, 15) is 14.7 Å². The van der Waals surface area contributed by atoms with Gasteiger partial charge in [-0.05, 0) is 42.0 Å². The molecule has 2 heterocycles. The summed E-state index contributed by atoms with van der Waals surface area (Å²) in [4.78, 5) is 31.7. The van der Waals surface area contributed by atoms with Gasteiger partial charge in [-0.25, -0.2) is 0 Å². The lowest BCUT2D eigenvalue weighted by Gasteiger charge is -2.31. The summed E-state index contributed by atoms with van der Waals surface area (Å²) in [7, 11) is 0. The highest BCUT2D eigenvalue weighted by molar-refractivity contribution is 6.46. The summed E-state index contributed by atoms with van der Waals surface area (Å²) in [5, 5.41) is 11.0. The molecule has 4 rings (SSSR count). The highest BCUT2D eigenvalue weighted by Gasteiger charge is 2.49. The predicted molar refractivity (Wildman–Crippen MR) is 111 cm³/mol. The number of aliphatic hydroxyl groups is 1. The topological polar surface area (TPSA) is 70.5 Å². The maximum absolute atomic E-state index is 13.0. The molecule has 1 aliphatic heterocycles. The fraction of sp³-hybridized carbons (Fsp3) is 0.375. The van der Waals surface area contributed by atoms with Crippen molar-refractivity contribution in [3.63, 3.8) is 0 Å². The lowest BCUT2D eigenvalue weighted by atomic mass is 9.93. The van der Waals surface area contributed by atoms with Gasteiger partial charge in [-0.3, -0.25) is 14.6 Å². The van der Waals surface area contributed by atoms with Gasteiger partial charge in [0.2, 0.25) is 0 Å². The summed E-state index contributed by atoms with van der Waals surface area (Å²) in [5.74, 6) is -0.860. The summed E-state index contributed by atoms with van der Waals surface area (Å²) in [6.07, 6.45) is 7.02. The summed E-state index contributed by atoms with van der Waals surface area (Å²) >= 11 is 0. The second-order valence-electron chi connectivity index (χ2n) is 8.20. The van der Waals surface area contributed by atoms with Gasteiger partial charge < -0.3 is 10.0 Å². The van der Waals surface area contributed by atoms with Crippen molar-refractivity contribution in [2.24, 2.45) is 0 Å². The number of amides is 1. The lowest BCUT2D eigenvalue weighted by molar-refractivity contribution is -0.141. The van der Waals surface area contributed by atoms with E-state index in [-0.39, 0.29) is 17.4 Å². The van der Waals surface area contributed by atoms with E-state index in [1.54, 1.807) is 29.4 Å². The number of pyridine rings is 1. The number of carbonyl (C=O) groups excluding carboxylic acids is 2. The highest BCUT2D eigenvalue weighted by Crippen LogP contribution is 2.43. The van der Waals surface area contributed by atoms with Crippen LogP contribution in [-0.2, 0) is 9.59 Å². The van der Waals surface area contributed by atoms with Crippen molar-refractivity contribution >= 4 is 17.4 Å². The van der Waals surface area contributed by atoms with E-state index in [1.165, 1.54) is 5.56 Å². The summed E-state index contributed by atoms with van der Waals surface area (Å²) in [6, 6.07) is 10.8. The smallest absolute Gasteiger partial charge is 0.295 e. The number of aliphatic hydroxyl groups excluding tert-OH is 1. The fourth-order valence-corrected chi connectivity index (χ4v) is 4.46. The minimum absolute atomic E-state index is 0.0314. The Hall–Kier alpha value is -2.95. The monoisotopic (exact) mass is 390 g/mol. The highest BCUT2D eigenvalue weighted by atomic mass is 16.3. The first kappa shape index (κ1) is 19.4. The average Bonchev–Trinajstić information content (AvgIpc) is 3.35. The number of benzene rings is 1. The van der Waals surface area contributed by atoms with Crippen LogP contribution in [0.15, 0.2) is 54.4 Å². The molecule has 1 aromatic heterocycles. The zero-order valence-electron chi connectivity index (χ0n) is 16.8. The number of likely N-dealkylation sites (tertiary alicyclic amines) is 1. The molecule has 0 bridgehead atoms. The van der Waals surface area contributed by atoms with Gasteiger partial charge in [-0.15, -0.1) is 0 Å². The van der Waals surface area contributed by atoms with E-state index in [0.29, 0.717) is 11.5 Å². The first-order valence-corrected chi connectivity index (χ1v) is 10.3. The number of Topliss-reactive ketones (excluding diaryl/α,β-unsaturated/α-hetero) is 1. The largest absolute Gasteiger partial charge is 0.507 e. The molecule has 1 N–H and O–H groups in total. The van der Waals surface area contributed by atoms with Crippen molar-refractivity contribution in [2.45, 2.75) is 57.5 Å². The molecule has 2 aliphatic rings. The van der Waals surface area contributed by atoms with Crippen LogP contribution in [0.4, 0.5) is 0 Å². The molecule has 1 unspecified atom stereocenters. The number of hydrogen-bond donors (Lipinski definition) is 1. The Morgan fingerprint density at radius 1 is 1.03 bits per heavy atom. The zero-order chi connectivity index (χ0) is 20.5. The van der Waals surface area contributed by atoms with Crippen LogP contribution in [0.5, 0.6) is 0 Å². The van der Waals surface area contributed by atoms with Gasteiger partial charge in [-0.1, -0.05) is 51.0 Å². The number of hydrogen-bond acceptors (Lipinski definition) is 4. The molecule has 1 atom stereocenters. The molecule has 0 spiro atoms. The van der Waals surface area contributed by atoms with Gasteiger partial charge in [-0.2, -0.15) is 0 Å². The Kier molecular flexibility index (Phi) is 5.22. The second kappa shape index (κ2) is 7.82. The van der Waals surface area contributed by atoms with Gasteiger partial charge in [0.15, 0.2) is 0 Å². The number of rotatable bonds is 4. The molecule has 0 radical (unpaired) electrons. The quantitative estimate of drug-likeness (QED) is 0.472. The molecule has 1 saturated carbocycles. The molecular weight excluding hydrogens is 364 g/mol. The Balaban J connectivity index is 1.86. The molecule has 29 heavy (non-hydrogen) atoms. The summed E-state index contributed by atoms with van der Waals surface area (Å²) in [5.41, 5.74) is 2.72. The number of carbonyl (C=O) groups is 2. The number of ketones is 1. The van der Waals surface area contributed by atoms with Crippen LogP contribution >= 0.6 is 0 Å². The lowest BCUT2D eigenvalue weighted by Crippen LogP contribution is -2.37. The van der Waals surface area contributed by atoms with Crippen molar-refractivity contribution in [1.29, 1.82) is 0 Å². The molecule has 1 amide bonds. The Labute approximate surface area is 171 Å². The maximum Gasteiger partial charge on any atom is 0.295 e. The van der Waals surface area contributed by atoms with Crippen LogP contribution in [0.3, 0.4) is 0 Å². The van der Waals surface area contributed by atoms with E-state index in [2.05, 4.69) is 18.8 Å². The van der Waals surface area contributed by atoms with Gasteiger partial charge in [0.25, 0.3) is 11.7 Å². The minimum atomic E-state index is -0.607. The fourth-order valence-electron chi connectivity index (χ4n) is 4.46. The molecule has 5 heteroatoms. The normalized spacial score (nSPS) is 22.0. The van der Waals surface area contributed by atoms with Gasteiger partial charge >= 0.3 is 0 Å². The SMILES string of the molecule is CC(C)c1ccc(C2/C(=C(/O)c3ccncc3)C(=O)C(=O)N2C2CCCC2)cc1. The third-order valence-electron chi connectivity index (χ3n) is 6.07. The molecular formula is C24H26N2O3.